The molecule has 1 unspecified atom stereocenters. The maximum absolute atomic E-state index is 14.1. The molecule has 1 fully saturated rings. The number of likely N-dealkylation sites (tertiary alicyclic amines) is 1. The van der Waals surface area contributed by atoms with Gasteiger partial charge in [0.25, 0.3) is 11.8 Å². The van der Waals surface area contributed by atoms with Crippen molar-refractivity contribution >= 4 is 85.8 Å². The Hall–Kier alpha value is -2.66. The second kappa shape index (κ2) is 11.1. The first kappa shape index (κ1) is 29.4. The van der Waals surface area contributed by atoms with Crippen LogP contribution in [-0.2, 0) is 19.8 Å². The summed E-state index contributed by atoms with van der Waals surface area (Å²) in [6, 6.07) is 13.8. The number of aliphatic imine (C=N–C) groups is 1. The standard InChI is InChI=1S/C31H31ClN4O3S3/c1-30(2)17-31(3,18-10-12-19(32)13-11-18)21-9-7-8-20-23(27(39)36(30)24(20)21)25-26(38)34-28(42-25)33-22(37)16-41-29(40)35-14-5-4-6-15-35/h7-13H,4-6,14-17H2,1-3H3,(H,33,34,37,38)/b25-23-. The molecule has 0 saturated carbocycles. The lowest BCUT2D eigenvalue weighted by Crippen LogP contribution is -2.54. The minimum absolute atomic E-state index is 0.130. The number of carbonyl (C=O) groups excluding carboxylic acids is 3. The van der Waals surface area contributed by atoms with Crippen molar-refractivity contribution in [1.29, 1.82) is 0 Å². The number of thioether (sulfide) groups is 2. The highest BCUT2D eigenvalue weighted by Crippen LogP contribution is 2.57. The number of hydrogen-bond acceptors (Lipinski definition) is 6. The highest BCUT2D eigenvalue weighted by Gasteiger charge is 2.53. The molecule has 0 aromatic heterocycles. The van der Waals surface area contributed by atoms with Gasteiger partial charge in [0.05, 0.1) is 21.9 Å². The van der Waals surface area contributed by atoms with E-state index < -0.39 is 11.4 Å². The Labute approximate surface area is 264 Å². The Balaban J connectivity index is 1.27. The van der Waals surface area contributed by atoms with E-state index in [0.717, 1.165) is 54.5 Å². The highest BCUT2D eigenvalue weighted by atomic mass is 35.5. The van der Waals surface area contributed by atoms with E-state index in [9.17, 15) is 14.4 Å². The van der Waals surface area contributed by atoms with Crippen molar-refractivity contribution in [3.8, 4) is 0 Å². The first-order valence-electron chi connectivity index (χ1n) is 14.0. The Bertz CT molecular complexity index is 1580. The number of para-hydroxylation sites is 1. The summed E-state index contributed by atoms with van der Waals surface area (Å²) in [5.41, 5.74) is 3.09. The fourth-order valence-electron chi connectivity index (χ4n) is 6.64. The Morgan fingerprint density at radius 2 is 1.81 bits per heavy atom. The van der Waals surface area contributed by atoms with Crippen LogP contribution < -0.4 is 10.2 Å². The van der Waals surface area contributed by atoms with Crippen LogP contribution in [0.25, 0.3) is 5.57 Å². The van der Waals surface area contributed by atoms with Gasteiger partial charge in [-0.2, -0.15) is 4.99 Å². The van der Waals surface area contributed by atoms with Crippen LogP contribution in [0.15, 0.2) is 52.4 Å². The third-order valence-corrected chi connectivity index (χ3v) is 11.2. The predicted octanol–water partition coefficient (Wildman–Crippen LogP) is 6.14. The number of carbonyl (C=O) groups is 3. The van der Waals surface area contributed by atoms with Crippen LogP contribution in [-0.4, -0.2) is 56.5 Å². The Morgan fingerprint density at radius 3 is 2.52 bits per heavy atom. The zero-order valence-electron chi connectivity index (χ0n) is 23.7. The van der Waals surface area contributed by atoms with Gasteiger partial charge in [0.15, 0.2) is 5.17 Å². The van der Waals surface area contributed by atoms with E-state index in [0.29, 0.717) is 26.9 Å². The SMILES string of the molecule is CC1(c2ccc(Cl)cc2)CC(C)(C)N2C(=O)/C(=C3\SC(NC(=O)CSC(=S)N4CCCCC4)=NC3=O)c3cccc1c32. The lowest BCUT2D eigenvalue weighted by molar-refractivity contribution is -0.117. The number of rotatable bonds is 3. The van der Waals surface area contributed by atoms with Gasteiger partial charge in [0.1, 0.15) is 4.32 Å². The average Bonchev–Trinajstić information content (AvgIpc) is 3.46. The number of hydrogen-bond donors (Lipinski definition) is 1. The molecule has 42 heavy (non-hydrogen) atoms. The number of thiocarbonyl (C=S) groups is 1. The normalized spacial score (nSPS) is 24.5. The molecule has 218 valence electrons. The summed E-state index contributed by atoms with van der Waals surface area (Å²) < 4.78 is 0.715. The highest BCUT2D eigenvalue weighted by molar-refractivity contribution is 8.23. The number of benzene rings is 2. The summed E-state index contributed by atoms with van der Waals surface area (Å²) in [7, 11) is 0. The van der Waals surface area contributed by atoms with Crippen molar-refractivity contribution < 1.29 is 14.4 Å². The molecule has 1 atom stereocenters. The smallest absolute Gasteiger partial charge is 0.287 e. The molecule has 0 spiro atoms. The number of piperidine rings is 1. The summed E-state index contributed by atoms with van der Waals surface area (Å²) in [5, 5.41) is 3.60. The molecule has 7 nitrogen and oxygen atoms in total. The summed E-state index contributed by atoms with van der Waals surface area (Å²) in [5.74, 6) is -0.900. The zero-order valence-corrected chi connectivity index (χ0v) is 26.9. The van der Waals surface area contributed by atoms with Crippen molar-refractivity contribution in [3.05, 3.63) is 69.1 Å². The van der Waals surface area contributed by atoms with Crippen LogP contribution in [0, 0.1) is 0 Å². The van der Waals surface area contributed by atoms with Crippen LogP contribution in [0.5, 0.6) is 0 Å². The number of halogens is 1. The number of nitrogens with one attached hydrogen (secondary N) is 1. The fourth-order valence-corrected chi connectivity index (χ4v) is 8.74. The summed E-state index contributed by atoms with van der Waals surface area (Å²) in [4.78, 5) is 48.3. The van der Waals surface area contributed by atoms with Crippen LogP contribution in [0.3, 0.4) is 0 Å². The molecule has 4 aliphatic rings. The van der Waals surface area contributed by atoms with Crippen molar-refractivity contribution in [1.82, 2.24) is 10.2 Å². The molecule has 4 heterocycles. The van der Waals surface area contributed by atoms with Crippen molar-refractivity contribution in [2.75, 3.05) is 23.7 Å². The van der Waals surface area contributed by atoms with Gasteiger partial charge in [-0.05, 0) is 74.6 Å². The molecule has 6 rings (SSSR count). The van der Waals surface area contributed by atoms with Crippen molar-refractivity contribution in [2.24, 2.45) is 4.99 Å². The number of amides is 3. The van der Waals surface area contributed by atoms with Gasteiger partial charge in [0.2, 0.25) is 5.91 Å². The number of amidine groups is 1. The topological polar surface area (TPSA) is 82.1 Å². The summed E-state index contributed by atoms with van der Waals surface area (Å²) in [6.45, 7) is 8.16. The molecular weight excluding hydrogens is 608 g/mol. The Morgan fingerprint density at radius 1 is 1.10 bits per heavy atom. The largest absolute Gasteiger partial charge is 0.358 e. The summed E-state index contributed by atoms with van der Waals surface area (Å²) in [6.07, 6.45) is 4.11. The molecule has 1 saturated heterocycles. The first-order valence-corrected chi connectivity index (χ1v) is 16.6. The molecule has 0 radical (unpaired) electrons. The molecule has 3 amide bonds. The second-order valence-corrected chi connectivity index (χ2v) is 14.9. The third-order valence-electron chi connectivity index (χ3n) is 8.42. The van der Waals surface area contributed by atoms with E-state index in [-0.39, 0.29) is 33.1 Å². The van der Waals surface area contributed by atoms with Crippen molar-refractivity contribution in [3.63, 3.8) is 0 Å². The van der Waals surface area contributed by atoms with E-state index in [1.54, 1.807) is 0 Å². The van der Waals surface area contributed by atoms with Crippen LogP contribution in [0.2, 0.25) is 5.02 Å². The zero-order chi connectivity index (χ0) is 29.8. The van der Waals surface area contributed by atoms with Gasteiger partial charge in [-0.3, -0.25) is 14.4 Å². The number of nitrogens with zero attached hydrogens (tertiary/aromatic N) is 3. The van der Waals surface area contributed by atoms with Crippen LogP contribution in [0.1, 0.15) is 63.1 Å². The third kappa shape index (κ3) is 5.10. The van der Waals surface area contributed by atoms with Gasteiger partial charge in [-0.15, -0.1) is 0 Å². The van der Waals surface area contributed by atoms with E-state index in [4.69, 9.17) is 23.8 Å². The van der Waals surface area contributed by atoms with Gasteiger partial charge in [0, 0.05) is 34.6 Å². The predicted molar refractivity (Wildman–Crippen MR) is 176 cm³/mol. The molecule has 2 aromatic rings. The average molecular weight is 639 g/mol. The molecule has 4 aliphatic heterocycles. The maximum atomic E-state index is 14.1. The lowest BCUT2D eigenvalue weighted by Gasteiger charge is -2.49. The molecule has 2 aromatic carbocycles. The minimum Gasteiger partial charge on any atom is -0.358 e. The van der Waals surface area contributed by atoms with Gasteiger partial charge in [-0.25, -0.2) is 0 Å². The van der Waals surface area contributed by atoms with E-state index >= 15 is 0 Å². The van der Waals surface area contributed by atoms with E-state index in [1.165, 1.54) is 18.2 Å². The summed E-state index contributed by atoms with van der Waals surface area (Å²) >= 11 is 14.1. The van der Waals surface area contributed by atoms with Crippen molar-refractivity contribution in [2.45, 2.75) is 57.4 Å². The minimum atomic E-state index is -0.537. The van der Waals surface area contributed by atoms with Gasteiger partial charge < -0.3 is 15.1 Å². The van der Waals surface area contributed by atoms with Crippen LogP contribution >= 0.6 is 47.3 Å². The monoisotopic (exact) mass is 638 g/mol. The van der Waals surface area contributed by atoms with Crippen LogP contribution in [0.4, 0.5) is 5.69 Å². The quantitative estimate of drug-likeness (QED) is 0.320. The molecule has 1 N–H and O–H groups in total. The Kier molecular flexibility index (Phi) is 7.79. The second-order valence-electron chi connectivity index (χ2n) is 11.8. The van der Waals surface area contributed by atoms with Gasteiger partial charge in [-0.1, -0.05) is 72.8 Å². The van der Waals surface area contributed by atoms with E-state index in [1.807, 2.05) is 41.3 Å². The maximum Gasteiger partial charge on any atom is 0.287 e. The lowest BCUT2D eigenvalue weighted by atomic mass is 9.65. The van der Waals surface area contributed by atoms with E-state index in [2.05, 4.69) is 42.0 Å². The first-order chi connectivity index (χ1) is 20.0. The number of anilines is 1. The molecular formula is C31H31ClN4O3S3. The van der Waals surface area contributed by atoms with Gasteiger partial charge >= 0.3 is 0 Å². The molecule has 0 aliphatic carbocycles. The molecule has 0 bridgehead atoms. The molecule has 11 heteroatoms. The fraction of sp³-hybridized carbons (Fsp3) is 0.387.